The zero-order chi connectivity index (χ0) is 16.7. The molecule has 5 nitrogen and oxygen atoms in total. The Morgan fingerprint density at radius 3 is 2.74 bits per heavy atom. The molecule has 1 heterocycles. The van der Waals surface area contributed by atoms with Crippen molar-refractivity contribution < 1.29 is 22.4 Å². The summed E-state index contributed by atoms with van der Waals surface area (Å²) in [6.45, 7) is 1.54. The van der Waals surface area contributed by atoms with E-state index in [0.29, 0.717) is 5.56 Å². The van der Waals surface area contributed by atoms with Gasteiger partial charge < -0.3 is 9.73 Å². The zero-order valence-electron chi connectivity index (χ0n) is 12.3. The fraction of sp³-hybridized carbons (Fsp3) is 0.400. The van der Waals surface area contributed by atoms with Crippen LogP contribution < -0.4 is 5.32 Å². The lowest BCUT2D eigenvalue weighted by molar-refractivity contribution is -0.202. The van der Waals surface area contributed by atoms with Crippen molar-refractivity contribution in [1.82, 2.24) is 15.5 Å². The quantitative estimate of drug-likeness (QED) is 0.941. The molecular weight excluding hydrogens is 311 g/mol. The summed E-state index contributed by atoms with van der Waals surface area (Å²) in [6, 6.07) is 6.29. The summed E-state index contributed by atoms with van der Waals surface area (Å²) in [7, 11) is 0. The van der Waals surface area contributed by atoms with Gasteiger partial charge in [-0.2, -0.15) is 13.2 Å². The van der Waals surface area contributed by atoms with Gasteiger partial charge in [-0.3, -0.25) is 4.79 Å². The first-order valence-corrected chi connectivity index (χ1v) is 7.07. The van der Waals surface area contributed by atoms with Crippen LogP contribution in [0.2, 0.25) is 0 Å². The maximum Gasteiger partial charge on any atom is 0.415 e. The highest BCUT2D eigenvalue weighted by Gasteiger charge is 2.59. The summed E-state index contributed by atoms with van der Waals surface area (Å²) in [6.07, 6.45) is -4.94. The van der Waals surface area contributed by atoms with Gasteiger partial charge in [0.15, 0.2) is 5.54 Å². The van der Waals surface area contributed by atoms with Crippen LogP contribution in [0.25, 0.3) is 0 Å². The standard InChI is InChI=1S/C15H14F3N3O2/c1-9-20-21-13(23-9)8-12(22)19-14(15(16,17)18)7-6-10-4-2-3-5-11(10)14/h2-5H,6-8H2,1H3,(H,19,22). The van der Waals surface area contributed by atoms with Crippen LogP contribution in [0, 0.1) is 6.92 Å². The van der Waals surface area contributed by atoms with Gasteiger partial charge in [0.1, 0.15) is 6.42 Å². The molecule has 2 aromatic rings. The number of halogens is 3. The molecule has 8 heteroatoms. The Balaban J connectivity index is 1.89. The predicted molar refractivity (Wildman–Crippen MR) is 73.4 cm³/mol. The second-order valence-corrected chi connectivity index (χ2v) is 5.50. The van der Waals surface area contributed by atoms with Crippen molar-refractivity contribution in [3.05, 3.63) is 47.2 Å². The minimum atomic E-state index is -4.60. The van der Waals surface area contributed by atoms with Crippen LogP contribution in [0.4, 0.5) is 13.2 Å². The van der Waals surface area contributed by atoms with Crippen molar-refractivity contribution in [2.45, 2.75) is 37.9 Å². The lowest BCUT2D eigenvalue weighted by Gasteiger charge is -2.33. The molecule has 0 saturated carbocycles. The highest BCUT2D eigenvalue weighted by atomic mass is 19.4. The van der Waals surface area contributed by atoms with Crippen molar-refractivity contribution >= 4 is 5.91 Å². The van der Waals surface area contributed by atoms with Gasteiger partial charge in [0.2, 0.25) is 17.7 Å². The number of benzene rings is 1. The lowest BCUT2D eigenvalue weighted by Crippen LogP contribution is -2.55. The number of hydrogen-bond donors (Lipinski definition) is 1. The Kier molecular flexibility index (Phi) is 3.62. The summed E-state index contributed by atoms with van der Waals surface area (Å²) in [5.74, 6) is -0.559. The Bertz CT molecular complexity index is 742. The monoisotopic (exact) mass is 325 g/mol. The molecule has 3 rings (SSSR count). The molecule has 1 aliphatic rings. The molecule has 1 aliphatic carbocycles. The number of aromatic nitrogens is 2. The Morgan fingerprint density at radius 1 is 1.35 bits per heavy atom. The van der Waals surface area contributed by atoms with Crippen molar-refractivity contribution in [3.8, 4) is 0 Å². The van der Waals surface area contributed by atoms with Crippen LogP contribution in [-0.4, -0.2) is 22.3 Å². The molecule has 0 fully saturated rings. The van der Waals surface area contributed by atoms with Crippen molar-refractivity contribution in [1.29, 1.82) is 0 Å². The van der Waals surface area contributed by atoms with Gasteiger partial charge in [-0.15, -0.1) is 10.2 Å². The van der Waals surface area contributed by atoms with E-state index in [0.717, 1.165) is 0 Å². The van der Waals surface area contributed by atoms with Crippen LogP contribution >= 0.6 is 0 Å². The molecule has 1 aromatic carbocycles. The molecule has 1 aromatic heterocycles. The maximum atomic E-state index is 13.7. The number of rotatable bonds is 3. The van der Waals surface area contributed by atoms with Gasteiger partial charge in [-0.1, -0.05) is 24.3 Å². The summed E-state index contributed by atoms with van der Waals surface area (Å²) in [5.41, 5.74) is -1.67. The third kappa shape index (κ3) is 2.69. The number of alkyl halides is 3. The van der Waals surface area contributed by atoms with E-state index in [1.54, 1.807) is 19.1 Å². The van der Waals surface area contributed by atoms with Crippen LogP contribution in [0.3, 0.4) is 0 Å². The molecule has 0 saturated heterocycles. The molecule has 1 N–H and O–H groups in total. The van der Waals surface area contributed by atoms with Crippen molar-refractivity contribution in [3.63, 3.8) is 0 Å². The molecule has 23 heavy (non-hydrogen) atoms. The van der Waals surface area contributed by atoms with Crippen LogP contribution in [0.1, 0.15) is 29.3 Å². The van der Waals surface area contributed by atoms with E-state index in [-0.39, 0.29) is 36.6 Å². The van der Waals surface area contributed by atoms with E-state index in [1.165, 1.54) is 12.1 Å². The molecule has 0 aliphatic heterocycles. The SMILES string of the molecule is Cc1nnc(CC(=O)NC2(C(F)(F)F)CCc3ccccc32)o1. The van der Waals surface area contributed by atoms with Gasteiger partial charge in [-0.05, 0) is 24.0 Å². The molecular formula is C15H14F3N3O2. The number of nitrogens with zero attached hydrogens (tertiary/aromatic N) is 2. The van der Waals surface area contributed by atoms with E-state index in [1.807, 2.05) is 0 Å². The van der Waals surface area contributed by atoms with E-state index in [2.05, 4.69) is 15.5 Å². The Hall–Kier alpha value is -2.38. The second kappa shape index (κ2) is 5.36. The molecule has 1 atom stereocenters. The fourth-order valence-electron chi connectivity index (χ4n) is 2.94. The average Bonchev–Trinajstić information content (AvgIpc) is 3.04. The fourth-order valence-corrected chi connectivity index (χ4v) is 2.94. The van der Waals surface area contributed by atoms with Gasteiger partial charge in [0.05, 0.1) is 0 Å². The van der Waals surface area contributed by atoms with Gasteiger partial charge in [-0.25, -0.2) is 0 Å². The van der Waals surface area contributed by atoms with Gasteiger partial charge in [0, 0.05) is 6.92 Å². The molecule has 1 amide bonds. The number of aryl methyl sites for hydroxylation is 2. The van der Waals surface area contributed by atoms with Crippen molar-refractivity contribution in [2.24, 2.45) is 0 Å². The molecule has 122 valence electrons. The van der Waals surface area contributed by atoms with Crippen LogP contribution in [0.15, 0.2) is 28.7 Å². The van der Waals surface area contributed by atoms with E-state index in [4.69, 9.17) is 4.42 Å². The summed E-state index contributed by atoms with van der Waals surface area (Å²) < 4.78 is 46.2. The normalized spacial score (nSPS) is 20.3. The number of amides is 1. The largest absolute Gasteiger partial charge is 0.425 e. The maximum absolute atomic E-state index is 13.7. The summed E-state index contributed by atoms with van der Waals surface area (Å²) in [5, 5.41) is 9.34. The number of hydrogen-bond acceptors (Lipinski definition) is 4. The van der Waals surface area contributed by atoms with E-state index in [9.17, 15) is 18.0 Å². The van der Waals surface area contributed by atoms with Crippen molar-refractivity contribution in [2.75, 3.05) is 0 Å². The smallest absolute Gasteiger partial charge is 0.415 e. The summed E-state index contributed by atoms with van der Waals surface area (Å²) >= 11 is 0. The van der Waals surface area contributed by atoms with E-state index < -0.39 is 17.6 Å². The highest BCUT2D eigenvalue weighted by Crippen LogP contribution is 2.48. The average molecular weight is 325 g/mol. The predicted octanol–water partition coefficient (Wildman–Crippen LogP) is 2.44. The zero-order valence-corrected chi connectivity index (χ0v) is 12.3. The highest BCUT2D eigenvalue weighted by molar-refractivity contribution is 5.79. The van der Waals surface area contributed by atoms with Gasteiger partial charge >= 0.3 is 6.18 Å². The minimum absolute atomic E-state index is 0.0105. The third-order valence-corrected chi connectivity index (χ3v) is 3.96. The first-order chi connectivity index (χ1) is 10.8. The van der Waals surface area contributed by atoms with E-state index >= 15 is 0 Å². The van der Waals surface area contributed by atoms with Crippen LogP contribution in [-0.2, 0) is 23.2 Å². The molecule has 0 radical (unpaired) electrons. The summed E-state index contributed by atoms with van der Waals surface area (Å²) in [4.78, 5) is 12.1. The number of carbonyl (C=O) groups excluding carboxylic acids is 1. The number of carbonyl (C=O) groups is 1. The van der Waals surface area contributed by atoms with Crippen LogP contribution in [0.5, 0.6) is 0 Å². The Labute approximate surface area is 129 Å². The third-order valence-electron chi connectivity index (χ3n) is 3.96. The number of fused-ring (bicyclic) bond motifs is 1. The first kappa shape index (κ1) is 15.5. The topological polar surface area (TPSA) is 68.0 Å². The minimum Gasteiger partial charge on any atom is -0.425 e. The first-order valence-electron chi connectivity index (χ1n) is 7.07. The molecule has 1 unspecified atom stereocenters. The second-order valence-electron chi connectivity index (χ2n) is 5.50. The molecule has 0 spiro atoms. The molecule has 0 bridgehead atoms. The Morgan fingerprint density at radius 2 is 2.09 bits per heavy atom. The lowest BCUT2D eigenvalue weighted by atomic mass is 9.90. The van der Waals surface area contributed by atoms with Gasteiger partial charge in [0.25, 0.3) is 0 Å². The number of nitrogens with one attached hydrogen (secondary N) is 1.